The van der Waals surface area contributed by atoms with E-state index in [1.54, 1.807) is 12.1 Å². The van der Waals surface area contributed by atoms with Crippen LogP contribution in [0.15, 0.2) is 47.4 Å². The highest BCUT2D eigenvalue weighted by molar-refractivity contribution is 7.89. The third-order valence-corrected chi connectivity index (χ3v) is 8.58. The van der Waals surface area contributed by atoms with Crippen LogP contribution in [-0.4, -0.2) is 53.1 Å². The number of halogens is 2. The minimum Gasteiger partial charge on any atom is -0.316 e. The summed E-state index contributed by atoms with van der Waals surface area (Å²) in [5.74, 6) is 0.627. The van der Waals surface area contributed by atoms with Crippen molar-refractivity contribution in [1.29, 1.82) is 0 Å². The van der Waals surface area contributed by atoms with E-state index in [4.69, 9.17) is 23.2 Å². The van der Waals surface area contributed by atoms with Crippen molar-refractivity contribution in [3.05, 3.63) is 63.6 Å². The number of nitrogens with one attached hydrogen (secondary N) is 2. The van der Waals surface area contributed by atoms with Crippen LogP contribution in [0.3, 0.4) is 0 Å². The fourth-order valence-electron chi connectivity index (χ4n) is 4.45. The average molecular weight is 499 g/mol. The zero-order chi connectivity index (χ0) is 23.1. The molecule has 0 radical (unpaired) electrons. The summed E-state index contributed by atoms with van der Waals surface area (Å²) in [6.07, 6.45) is 2.95. The van der Waals surface area contributed by atoms with Crippen LogP contribution in [-0.2, 0) is 10.0 Å². The second-order valence-corrected chi connectivity index (χ2v) is 11.0. The van der Waals surface area contributed by atoms with E-state index in [2.05, 4.69) is 27.9 Å². The van der Waals surface area contributed by atoms with Crippen molar-refractivity contribution in [3.8, 4) is 0 Å². The number of piperidine rings is 1. The van der Waals surface area contributed by atoms with Gasteiger partial charge < -0.3 is 10.2 Å². The van der Waals surface area contributed by atoms with Crippen LogP contribution in [0.1, 0.15) is 49.1 Å². The number of sulfonamides is 1. The van der Waals surface area contributed by atoms with Gasteiger partial charge in [0, 0.05) is 6.54 Å². The summed E-state index contributed by atoms with van der Waals surface area (Å²) in [5.41, 5.74) is 2.14. The SMILES string of the molecule is CCNCC(CCN1CCC(c2ccccc2S(=O)(=O)NC)CC1)c1ccc(Cl)c(Cl)c1. The number of rotatable bonds is 10. The molecule has 0 aliphatic carbocycles. The average Bonchev–Trinajstić information content (AvgIpc) is 2.81. The van der Waals surface area contributed by atoms with Crippen molar-refractivity contribution < 1.29 is 8.42 Å². The molecule has 5 nitrogen and oxygen atoms in total. The molecule has 32 heavy (non-hydrogen) atoms. The normalized spacial score (nSPS) is 16.9. The molecule has 1 fully saturated rings. The van der Waals surface area contributed by atoms with Gasteiger partial charge in [0.25, 0.3) is 0 Å². The second kappa shape index (κ2) is 11.8. The Kier molecular flexibility index (Phi) is 9.41. The molecule has 1 aliphatic heterocycles. The predicted octanol–water partition coefficient (Wildman–Crippen LogP) is 4.86. The Balaban J connectivity index is 1.61. The molecule has 1 heterocycles. The number of hydrogen-bond donors (Lipinski definition) is 2. The van der Waals surface area contributed by atoms with Gasteiger partial charge in [0.1, 0.15) is 0 Å². The van der Waals surface area contributed by atoms with E-state index >= 15 is 0 Å². The highest BCUT2D eigenvalue weighted by Gasteiger charge is 2.26. The number of likely N-dealkylation sites (N-methyl/N-ethyl adjacent to an activating group) is 1. The topological polar surface area (TPSA) is 61.4 Å². The third-order valence-electron chi connectivity index (χ3n) is 6.35. The van der Waals surface area contributed by atoms with Gasteiger partial charge in [-0.15, -0.1) is 0 Å². The fraction of sp³-hybridized carbons (Fsp3) is 0.500. The molecular weight excluding hydrogens is 465 g/mol. The number of likely N-dealkylation sites (tertiary alicyclic amines) is 1. The van der Waals surface area contributed by atoms with E-state index in [1.807, 2.05) is 24.3 Å². The molecule has 1 aliphatic rings. The van der Waals surface area contributed by atoms with E-state index in [-0.39, 0.29) is 5.92 Å². The maximum absolute atomic E-state index is 12.4. The summed E-state index contributed by atoms with van der Waals surface area (Å²) in [6, 6.07) is 13.3. The van der Waals surface area contributed by atoms with Crippen LogP contribution >= 0.6 is 23.2 Å². The lowest BCUT2D eigenvalue weighted by Crippen LogP contribution is -2.35. The first kappa shape index (κ1) is 25.5. The molecule has 2 N–H and O–H groups in total. The Labute approximate surface area is 202 Å². The maximum atomic E-state index is 12.4. The molecule has 0 aromatic heterocycles. The van der Waals surface area contributed by atoms with Crippen molar-refractivity contribution in [1.82, 2.24) is 14.9 Å². The molecule has 0 amide bonds. The van der Waals surface area contributed by atoms with Gasteiger partial charge in [-0.2, -0.15) is 0 Å². The van der Waals surface area contributed by atoms with Crippen LogP contribution in [0, 0.1) is 0 Å². The molecule has 2 aromatic carbocycles. The summed E-state index contributed by atoms with van der Waals surface area (Å²) in [5, 5.41) is 4.65. The predicted molar refractivity (Wildman–Crippen MR) is 133 cm³/mol. The first-order valence-corrected chi connectivity index (χ1v) is 13.5. The Morgan fingerprint density at radius 2 is 1.81 bits per heavy atom. The summed E-state index contributed by atoms with van der Waals surface area (Å²) in [4.78, 5) is 2.90. The zero-order valence-corrected chi connectivity index (χ0v) is 21.1. The molecule has 0 spiro atoms. The molecule has 1 unspecified atom stereocenters. The van der Waals surface area contributed by atoms with E-state index in [9.17, 15) is 8.42 Å². The monoisotopic (exact) mass is 497 g/mol. The van der Waals surface area contributed by atoms with E-state index in [0.717, 1.165) is 57.5 Å². The maximum Gasteiger partial charge on any atom is 0.240 e. The third kappa shape index (κ3) is 6.46. The van der Waals surface area contributed by atoms with Crippen molar-refractivity contribution >= 4 is 33.2 Å². The lowest BCUT2D eigenvalue weighted by atomic mass is 9.89. The Hall–Kier alpha value is -1.15. The van der Waals surface area contributed by atoms with E-state index in [0.29, 0.717) is 20.9 Å². The zero-order valence-electron chi connectivity index (χ0n) is 18.8. The van der Waals surface area contributed by atoms with Crippen LogP contribution in [0.4, 0.5) is 0 Å². The molecule has 8 heteroatoms. The molecule has 3 rings (SSSR count). The van der Waals surface area contributed by atoms with E-state index in [1.165, 1.54) is 12.6 Å². The van der Waals surface area contributed by atoms with Crippen LogP contribution in [0.2, 0.25) is 10.0 Å². The largest absolute Gasteiger partial charge is 0.316 e. The quantitative estimate of drug-likeness (QED) is 0.491. The van der Waals surface area contributed by atoms with Gasteiger partial charge in [-0.3, -0.25) is 0 Å². The van der Waals surface area contributed by atoms with Crippen molar-refractivity contribution in [3.63, 3.8) is 0 Å². The van der Waals surface area contributed by atoms with Crippen molar-refractivity contribution in [2.75, 3.05) is 39.8 Å². The molecule has 1 atom stereocenters. The number of benzene rings is 2. The van der Waals surface area contributed by atoms with Crippen LogP contribution in [0.5, 0.6) is 0 Å². The van der Waals surface area contributed by atoms with Crippen molar-refractivity contribution in [2.45, 2.75) is 42.9 Å². The molecular formula is C24H33Cl2N3O2S. The van der Waals surface area contributed by atoms with Crippen LogP contribution in [0.25, 0.3) is 0 Å². The Morgan fingerprint density at radius 1 is 1.09 bits per heavy atom. The van der Waals surface area contributed by atoms with Gasteiger partial charge in [0.05, 0.1) is 14.9 Å². The molecule has 1 saturated heterocycles. The van der Waals surface area contributed by atoms with Gasteiger partial charge in [-0.25, -0.2) is 13.1 Å². The number of hydrogen-bond acceptors (Lipinski definition) is 4. The number of nitrogens with zero attached hydrogens (tertiary/aromatic N) is 1. The molecule has 0 bridgehead atoms. The molecule has 2 aromatic rings. The Morgan fingerprint density at radius 3 is 2.47 bits per heavy atom. The standard InChI is InChI=1S/C24H33Cl2N3O2S/c1-3-28-17-20(19-8-9-22(25)23(26)16-19)12-15-29-13-10-18(11-14-29)21-6-4-5-7-24(21)32(30,31)27-2/h4-9,16,18,20,27-28H,3,10-15,17H2,1-2H3. The van der Waals surface area contributed by atoms with E-state index < -0.39 is 10.0 Å². The second-order valence-electron chi connectivity index (χ2n) is 8.33. The first-order valence-electron chi connectivity index (χ1n) is 11.3. The summed E-state index contributed by atoms with van der Waals surface area (Å²) in [7, 11) is -1.99. The van der Waals surface area contributed by atoms with Gasteiger partial charge >= 0.3 is 0 Å². The summed E-state index contributed by atoms with van der Waals surface area (Å²) >= 11 is 12.4. The lowest BCUT2D eigenvalue weighted by Gasteiger charge is -2.33. The highest BCUT2D eigenvalue weighted by atomic mass is 35.5. The van der Waals surface area contributed by atoms with Gasteiger partial charge in [-0.1, -0.05) is 54.4 Å². The lowest BCUT2D eigenvalue weighted by molar-refractivity contribution is 0.204. The van der Waals surface area contributed by atoms with Gasteiger partial charge in [-0.05, 0) is 93.7 Å². The van der Waals surface area contributed by atoms with Crippen LogP contribution < -0.4 is 10.0 Å². The minimum atomic E-state index is -3.45. The first-order chi connectivity index (χ1) is 15.4. The fourth-order valence-corrected chi connectivity index (χ4v) is 5.78. The van der Waals surface area contributed by atoms with Gasteiger partial charge in [0.2, 0.25) is 10.0 Å². The summed E-state index contributed by atoms with van der Waals surface area (Å²) < 4.78 is 27.3. The minimum absolute atomic E-state index is 0.262. The van der Waals surface area contributed by atoms with Gasteiger partial charge in [0.15, 0.2) is 0 Å². The molecule has 176 valence electrons. The summed E-state index contributed by atoms with van der Waals surface area (Å²) in [6.45, 7) is 6.88. The van der Waals surface area contributed by atoms with Crippen molar-refractivity contribution in [2.24, 2.45) is 0 Å². The Bertz CT molecular complexity index is 992. The molecule has 0 saturated carbocycles. The highest BCUT2D eigenvalue weighted by Crippen LogP contribution is 2.33. The smallest absolute Gasteiger partial charge is 0.240 e.